The predicted molar refractivity (Wildman–Crippen MR) is 114 cm³/mol. The molecule has 0 radical (unpaired) electrons. The third kappa shape index (κ3) is 6.08. The molecule has 0 unspecified atom stereocenters. The van der Waals surface area contributed by atoms with Gasteiger partial charge < -0.3 is 24.4 Å². The van der Waals surface area contributed by atoms with Gasteiger partial charge in [0.15, 0.2) is 5.96 Å². The van der Waals surface area contributed by atoms with Crippen molar-refractivity contribution >= 4 is 5.96 Å². The van der Waals surface area contributed by atoms with Crippen molar-refractivity contribution < 1.29 is 14.2 Å². The first-order valence-corrected chi connectivity index (χ1v) is 9.37. The zero-order valence-corrected chi connectivity index (χ0v) is 17.5. The Hall–Kier alpha value is -2.89. The van der Waals surface area contributed by atoms with E-state index in [1.165, 1.54) is 5.56 Å². The Morgan fingerprint density at radius 1 is 0.964 bits per heavy atom. The lowest BCUT2D eigenvalue weighted by atomic mass is 10.1. The molecule has 1 N–H and O–H groups in total. The van der Waals surface area contributed by atoms with Gasteiger partial charge in [-0.3, -0.25) is 4.99 Å². The van der Waals surface area contributed by atoms with E-state index < -0.39 is 0 Å². The number of rotatable bonds is 9. The van der Waals surface area contributed by atoms with Crippen LogP contribution in [0.25, 0.3) is 0 Å². The summed E-state index contributed by atoms with van der Waals surface area (Å²) in [4.78, 5) is 6.47. The Bertz CT molecular complexity index is 760. The molecule has 0 amide bonds. The van der Waals surface area contributed by atoms with Crippen LogP contribution in [0, 0.1) is 0 Å². The standard InChI is InChI=1S/C22H31N3O3/c1-23-22(24-14-6-7-17-8-11-19(26-3)12-9-17)25(2)16-18-10-13-20(27-4)15-21(18)28-5/h8-13,15H,6-7,14,16H2,1-5H3,(H,23,24). The smallest absolute Gasteiger partial charge is 0.193 e. The van der Waals surface area contributed by atoms with Gasteiger partial charge in [-0.25, -0.2) is 0 Å². The van der Waals surface area contributed by atoms with E-state index >= 15 is 0 Å². The molecule has 0 saturated carbocycles. The Labute approximate surface area is 168 Å². The molecule has 152 valence electrons. The average molecular weight is 386 g/mol. The van der Waals surface area contributed by atoms with Crippen LogP contribution < -0.4 is 19.5 Å². The molecular formula is C22H31N3O3. The Morgan fingerprint density at radius 3 is 2.25 bits per heavy atom. The van der Waals surface area contributed by atoms with Crippen LogP contribution in [0.3, 0.4) is 0 Å². The summed E-state index contributed by atoms with van der Waals surface area (Å²) in [5, 5.41) is 3.43. The van der Waals surface area contributed by atoms with Crippen molar-refractivity contribution in [3.05, 3.63) is 53.6 Å². The van der Waals surface area contributed by atoms with E-state index in [9.17, 15) is 0 Å². The van der Waals surface area contributed by atoms with Crippen LogP contribution in [-0.4, -0.2) is 52.8 Å². The van der Waals surface area contributed by atoms with Crippen LogP contribution in [0.2, 0.25) is 0 Å². The first kappa shape index (κ1) is 21.4. The number of nitrogens with zero attached hydrogens (tertiary/aromatic N) is 2. The SMILES string of the molecule is CN=C(NCCCc1ccc(OC)cc1)N(C)Cc1ccc(OC)cc1OC. The van der Waals surface area contributed by atoms with Crippen LogP contribution in [0.15, 0.2) is 47.5 Å². The van der Waals surface area contributed by atoms with E-state index in [1.54, 1.807) is 28.4 Å². The maximum atomic E-state index is 5.49. The largest absolute Gasteiger partial charge is 0.497 e. The van der Waals surface area contributed by atoms with Crippen LogP contribution in [0.5, 0.6) is 17.2 Å². The normalized spacial score (nSPS) is 11.1. The Balaban J connectivity index is 1.85. The molecule has 0 heterocycles. The summed E-state index contributed by atoms with van der Waals surface area (Å²) in [5.41, 5.74) is 2.38. The molecule has 2 aromatic rings. The molecule has 0 atom stereocenters. The molecule has 0 spiro atoms. The fourth-order valence-electron chi connectivity index (χ4n) is 2.98. The van der Waals surface area contributed by atoms with Gasteiger partial charge in [0.25, 0.3) is 0 Å². The van der Waals surface area contributed by atoms with Gasteiger partial charge in [-0.05, 0) is 42.7 Å². The fourth-order valence-corrected chi connectivity index (χ4v) is 2.98. The molecule has 0 saturated heterocycles. The lowest BCUT2D eigenvalue weighted by molar-refractivity contribution is 0.382. The van der Waals surface area contributed by atoms with Gasteiger partial charge in [-0.1, -0.05) is 12.1 Å². The molecule has 0 fully saturated rings. The minimum atomic E-state index is 0.686. The van der Waals surface area contributed by atoms with Crippen molar-refractivity contribution in [1.82, 2.24) is 10.2 Å². The van der Waals surface area contributed by atoms with Crippen molar-refractivity contribution in [2.45, 2.75) is 19.4 Å². The summed E-state index contributed by atoms with van der Waals surface area (Å²) >= 11 is 0. The Kier molecular flexibility index (Phi) is 8.46. The second-order valence-electron chi connectivity index (χ2n) is 6.46. The summed E-state index contributed by atoms with van der Waals surface area (Å²) < 4.78 is 15.9. The lowest BCUT2D eigenvalue weighted by Gasteiger charge is -2.23. The predicted octanol–water partition coefficient (Wildman–Crippen LogP) is 3.35. The second kappa shape index (κ2) is 11.1. The third-order valence-corrected chi connectivity index (χ3v) is 4.56. The monoisotopic (exact) mass is 385 g/mol. The molecule has 6 heteroatoms. The molecule has 0 bridgehead atoms. The van der Waals surface area contributed by atoms with Crippen LogP contribution in [-0.2, 0) is 13.0 Å². The number of hydrogen-bond donors (Lipinski definition) is 1. The number of aryl methyl sites for hydroxylation is 1. The molecule has 2 aromatic carbocycles. The molecule has 28 heavy (non-hydrogen) atoms. The number of hydrogen-bond acceptors (Lipinski definition) is 4. The van der Waals surface area contributed by atoms with Crippen molar-refractivity contribution in [2.24, 2.45) is 4.99 Å². The number of methoxy groups -OCH3 is 3. The highest BCUT2D eigenvalue weighted by Crippen LogP contribution is 2.25. The summed E-state index contributed by atoms with van der Waals surface area (Å²) in [7, 11) is 8.82. The Morgan fingerprint density at radius 2 is 1.64 bits per heavy atom. The number of nitrogens with one attached hydrogen (secondary N) is 1. The second-order valence-corrected chi connectivity index (χ2v) is 6.46. The first-order chi connectivity index (χ1) is 13.6. The molecule has 2 rings (SSSR count). The van der Waals surface area contributed by atoms with E-state index in [0.717, 1.165) is 48.2 Å². The highest BCUT2D eigenvalue weighted by Gasteiger charge is 2.11. The third-order valence-electron chi connectivity index (χ3n) is 4.56. The number of ether oxygens (including phenoxy) is 3. The van der Waals surface area contributed by atoms with Gasteiger partial charge in [0.05, 0.1) is 21.3 Å². The van der Waals surface area contributed by atoms with E-state index in [4.69, 9.17) is 14.2 Å². The minimum Gasteiger partial charge on any atom is -0.497 e. The lowest BCUT2D eigenvalue weighted by Crippen LogP contribution is -2.39. The maximum absolute atomic E-state index is 5.49. The van der Waals surface area contributed by atoms with E-state index in [-0.39, 0.29) is 0 Å². The van der Waals surface area contributed by atoms with Gasteiger partial charge >= 0.3 is 0 Å². The first-order valence-electron chi connectivity index (χ1n) is 9.37. The number of guanidine groups is 1. The molecule has 0 aliphatic carbocycles. The van der Waals surface area contributed by atoms with Crippen molar-refractivity contribution in [3.63, 3.8) is 0 Å². The highest BCUT2D eigenvalue weighted by molar-refractivity contribution is 5.79. The average Bonchev–Trinajstić information content (AvgIpc) is 2.74. The van der Waals surface area contributed by atoms with Gasteiger partial charge in [-0.2, -0.15) is 0 Å². The van der Waals surface area contributed by atoms with Gasteiger partial charge in [0.1, 0.15) is 17.2 Å². The van der Waals surface area contributed by atoms with Crippen LogP contribution >= 0.6 is 0 Å². The molecule has 0 aliphatic heterocycles. The minimum absolute atomic E-state index is 0.686. The van der Waals surface area contributed by atoms with Crippen molar-refractivity contribution in [2.75, 3.05) is 42.0 Å². The van der Waals surface area contributed by atoms with Crippen LogP contribution in [0.1, 0.15) is 17.5 Å². The molecular weight excluding hydrogens is 354 g/mol. The molecule has 0 aliphatic rings. The zero-order chi connectivity index (χ0) is 20.4. The number of benzene rings is 2. The van der Waals surface area contributed by atoms with Gasteiger partial charge in [0, 0.05) is 38.8 Å². The maximum Gasteiger partial charge on any atom is 0.193 e. The highest BCUT2D eigenvalue weighted by atomic mass is 16.5. The number of aliphatic imine (C=N–C) groups is 1. The molecule has 6 nitrogen and oxygen atoms in total. The van der Waals surface area contributed by atoms with E-state index in [1.807, 2.05) is 37.4 Å². The summed E-state index contributed by atoms with van der Waals surface area (Å²) in [6, 6.07) is 14.1. The van der Waals surface area contributed by atoms with E-state index in [0.29, 0.717) is 6.54 Å². The van der Waals surface area contributed by atoms with Crippen LogP contribution in [0.4, 0.5) is 0 Å². The van der Waals surface area contributed by atoms with E-state index in [2.05, 4.69) is 27.3 Å². The zero-order valence-electron chi connectivity index (χ0n) is 17.5. The van der Waals surface area contributed by atoms with Gasteiger partial charge in [0.2, 0.25) is 0 Å². The van der Waals surface area contributed by atoms with Gasteiger partial charge in [-0.15, -0.1) is 0 Å². The van der Waals surface area contributed by atoms with Crippen molar-refractivity contribution in [1.29, 1.82) is 0 Å². The summed E-state index contributed by atoms with van der Waals surface area (Å²) in [6.07, 6.45) is 2.02. The topological polar surface area (TPSA) is 55.3 Å². The quantitative estimate of drug-likeness (QED) is 0.408. The van der Waals surface area contributed by atoms with Crippen molar-refractivity contribution in [3.8, 4) is 17.2 Å². The summed E-state index contributed by atoms with van der Waals surface area (Å²) in [5.74, 6) is 3.33. The molecule has 0 aromatic heterocycles. The summed E-state index contributed by atoms with van der Waals surface area (Å²) in [6.45, 7) is 1.54. The fraction of sp³-hybridized carbons (Fsp3) is 0.409.